The van der Waals surface area contributed by atoms with Crippen LogP contribution in [0.2, 0.25) is 0 Å². The molecule has 1 aromatic carbocycles. The van der Waals surface area contributed by atoms with Crippen LogP contribution >= 0.6 is 15.9 Å². The Kier molecular flexibility index (Phi) is 4.64. The summed E-state index contributed by atoms with van der Waals surface area (Å²) in [6.07, 6.45) is -0.446. The Morgan fingerprint density at radius 3 is 2.53 bits per heavy atom. The standard InChI is InChI=1S/C10H10BrFO4S/c11-8-3-7(4-9(12)5-8)6-17(15,16)2-1-10(13)14/h3-5H,1-2,6H2,(H,13,14). The van der Waals surface area contributed by atoms with Crippen molar-refractivity contribution in [2.24, 2.45) is 0 Å². The van der Waals surface area contributed by atoms with Crippen LogP contribution in [0.15, 0.2) is 22.7 Å². The molecule has 0 atom stereocenters. The maximum absolute atomic E-state index is 13.0. The Morgan fingerprint density at radius 2 is 2.00 bits per heavy atom. The van der Waals surface area contributed by atoms with Crippen LogP contribution in [0.25, 0.3) is 0 Å². The average molecular weight is 325 g/mol. The number of halogens is 2. The number of aliphatic carboxylic acids is 1. The number of hydrogen-bond donors (Lipinski definition) is 1. The monoisotopic (exact) mass is 324 g/mol. The Labute approximate surface area is 107 Å². The molecule has 0 aromatic heterocycles. The molecule has 1 rings (SSSR count). The van der Waals surface area contributed by atoms with E-state index < -0.39 is 33.8 Å². The molecule has 0 aliphatic carbocycles. The SMILES string of the molecule is O=C(O)CCS(=O)(=O)Cc1cc(F)cc(Br)c1. The van der Waals surface area contributed by atoms with Gasteiger partial charge in [0.1, 0.15) is 5.82 Å². The molecule has 0 amide bonds. The van der Waals surface area contributed by atoms with Crippen LogP contribution in [-0.2, 0) is 20.4 Å². The van der Waals surface area contributed by atoms with Gasteiger partial charge in [-0.15, -0.1) is 0 Å². The number of sulfone groups is 1. The first-order valence-electron chi connectivity index (χ1n) is 4.66. The molecule has 1 N–H and O–H groups in total. The van der Waals surface area contributed by atoms with Crippen molar-refractivity contribution in [2.75, 3.05) is 5.75 Å². The van der Waals surface area contributed by atoms with Gasteiger partial charge in [-0.3, -0.25) is 4.79 Å². The van der Waals surface area contributed by atoms with Crippen molar-refractivity contribution >= 4 is 31.7 Å². The fraction of sp³-hybridized carbons (Fsp3) is 0.300. The van der Waals surface area contributed by atoms with Gasteiger partial charge in [-0.05, 0) is 23.8 Å². The highest BCUT2D eigenvalue weighted by molar-refractivity contribution is 9.10. The third kappa shape index (κ3) is 5.27. The molecule has 0 bridgehead atoms. The molecular weight excluding hydrogens is 315 g/mol. The van der Waals surface area contributed by atoms with E-state index in [1.165, 1.54) is 12.1 Å². The summed E-state index contributed by atoms with van der Waals surface area (Å²) in [7, 11) is -3.53. The zero-order chi connectivity index (χ0) is 13.1. The highest BCUT2D eigenvalue weighted by Crippen LogP contribution is 2.17. The Hall–Kier alpha value is -0.950. The van der Waals surface area contributed by atoms with Crippen LogP contribution in [0.1, 0.15) is 12.0 Å². The van der Waals surface area contributed by atoms with Crippen LogP contribution in [0, 0.1) is 5.82 Å². The van der Waals surface area contributed by atoms with Crippen LogP contribution < -0.4 is 0 Å². The van der Waals surface area contributed by atoms with Gasteiger partial charge in [-0.2, -0.15) is 0 Å². The number of rotatable bonds is 5. The number of benzene rings is 1. The Morgan fingerprint density at radius 1 is 1.35 bits per heavy atom. The number of hydrogen-bond acceptors (Lipinski definition) is 3. The van der Waals surface area contributed by atoms with Crippen LogP contribution in [0.5, 0.6) is 0 Å². The molecule has 0 saturated carbocycles. The van der Waals surface area contributed by atoms with E-state index in [4.69, 9.17) is 5.11 Å². The Balaban J connectivity index is 2.79. The molecule has 4 nitrogen and oxygen atoms in total. The molecule has 1 aromatic rings. The predicted octanol–water partition coefficient (Wildman–Crippen LogP) is 1.98. The maximum Gasteiger partial charge on any atom is 0.304 e. The highest BCUT2D eigenvalue weighted by Gasteiger charge is 2.15. The normalized spacial score (nSPS) is 11.4. The number of carbonyl (C=O) groups is 1. The molecule has 0 aliphatic heterocycles. The lowest BCUT2D eigenvalue weighted by Crippen LogP contribution is -2.13. The summed E-state index contributed by atoms with van der Waals surface area (Å²) in [6, 6.07) is 3.82. The topological polar surface area (TPSA) is 71.4 Å². The van der Waals surface area contributed by atoms with Crippen molar-refractivity contribution in [3.63, 3.8) is 0 Å². The second-order valence-electron chi connectivity index (χ2n) is 3.51. The molecule has 0 radical (unpaired) electrons. The first-order chi connectivity index (χ1) is 7.78. The van der Waals surface area contributed by atoms with E-state index in [0.717, 1.165) is 6.07 Å². The maximum atomic E-state index is 13.0. The van der Waals surface area contributed by atoms with Crippen molar-refractivity contribution in [3.8, 4) is 0 Å². The van der Waals surface area contributed by atoms with Crippen LogP contribution in [-0.4, -0.2) is 25.2 Å². The fourth-order valence-electron chi connectivity index (χ4n) is 1.26. The van der Waals surface area contributed by atoms with E-state index in [0.29, 0.717) is 10.0 Å². The minimum absolute atomic E-state index is 0.294. The van der Waals surface area contributed by atoms with Gasteiger partial charge in [0.25, 0.3) is 0 Å². The van der Waals surface area contributed by atoms with Gasteiger partial charge in [0.05, 0.1) is 17.9 Å². The van der Waals surface area contributed by atoms with Gasteiger partial charge < -0.3 is 5.11 Å². The molecule has 0 heterocycles. The highest BCUT2D eigenvalue weighted by atomic mass is 79.9. The van der Waals surface area contributed by atoms with Crippen LogP contribution in [0.4, 0.5) is 4.39 Å². The van der Waals surface area contributed by atoms with E-state index in [1.54, 1.807) is 0 Å². The van der Waals surface area contributed by atoms with E-state index in [1.807, 2.05) is 0 Å². The summed E-state index contributed by atoms with van der Waals surface area (Å²) in [5.74, 6) is -2.52. The van der Waals surface area contributed by atoms with Crippen molar-refractivity contribution in [1.29, 1.82) is 0 Å². The average Bonchev–Trinajstić information content (AvgIpc) is 2.12. The Bertz CT molecular complexity index is 507. The quantitative estimate of drug-likeness (QED) is 0.898. The minimum atomic E-state index is -3.53. The largest absolute Gasteiger partial charge is 0.481 e. The minimum Gasteiger partial charge on any atom is -0.481 e. The summed E-state index contributed by atoms with van der Waals surface area (Å²) in [6.45, 7) is 0. The van der Waals surface area contributed by atoms with Crippen LogP contribution in [0.3, 0.4) is 0 Å². The summed E-state index contributed by atoms with van der Waals surface area (Å²) in [5.41, 5.74) is 0.294. The van der Waals surface area contributed by atoms with E-state index in [-0.39, 0.29) is 5.75 Å². The lowest BCUT2D eigenvalue weighted by Gasteiger charge is -2.04. The molecule has 94 valence electrons. The lowest BCUT2D eigenvalue weighted by molar-refractivity contribution is -0.136. The molecular formula is C10H10BrFO4S. The molecule has 0 unspecified atom stereocenters. The van der Waals surface area contributed by atoms with E-state index >= 15 is 0 Å². The molecule has 0 fully saturated rings. The van der Waals surface area contributed by atoms with Gasteiger partial charge in [0.2, 0.25) is 0 Å². The number of carboxylic acid groups (broad SMARTS) is 1. The van der Waals surface area contributed by atoms with Gasteiger partial charge in [0.15, 0.2) is 9.84 Å². The smallest absolute Gasteiger partial charge is 0.304 e. The summed E-state index contributed by atoms with van der Waals surface area (Å²) in [5, 5.41) is 8.40. The summed E-state index contributed by atoms with van der Waals surface area (Å²) in [4.78, 5) is 10.3. The number of carboxylic acids is 1. The zero-order valence-electron chi connectivity index (χ0n) is 8.69. The summed E-state index contributed by atoms with van der Waals surface area (Å²) >= 11 is 3.05. The van der Waals surface area contributed by atoms with Crippen molar-refractivity contribution in [2.45, 2.75) is 12.2 Å². The molecule has 0 aliphatic rings. The van der Waals surface area contributed by atoms with Gasteiger partial charge in [-0.1, -0.05) is 15.9 Å². The van der Waals surface area contributed by atoms with Crippen molar-refractivity contribution in [1.82, 2.24) is 0 Å². The second kappa shape index (κ2) is 5.59. The van der Waals surface area contributed by atoms with E-state index in [9.17, 15) is 17.6 Å². The third-order valence-electron chi connectivity index (χ3n) is 1.94. The molecule has 7 heteroatoms. The first kappa shape index (κ1) is 14.1. The van der Waals surface area contributed by atoms with E-state index in [2.05, 4.69) is 15.9 Å². The third-order valence-corrected chi connectivity index (χ3v) is 3.99. The van der Waals surface area contributed by atoms with Gasteiger partial charge in [0, 0.05) is 4.47 Å². The second-order valence-corrected chi connectivity index (χ2v) is 6.61. The molecule has 0 saturated heterocycles. The predicted molar refractivity (Wildman–Crippen MR) is 63.8 cm³/mol. The zero-order valence-corrected chi connectivity index (χ0v) is 11.1. The van der Waals surface area contributed by atoms with Crippen molar-refractivity contribution < 1.29 is 22.7 Å². The van der Waals surface area contributed by atoms with Crippen molar-refractivity contribution in [3.05, 3.63) is 34.1 Å². The van der Waals surface area contributed by atoms with Gasteiger partial charge >= 0.3 is 5.97 Å². The van der Waals surface area contributed by atoms with Gasteiger partial charge in [-0.25, -0.2) is 12.8 Å². The first-order valence-corrected chi connectivity index (χ1v) is 7.27. The summed E-state index contributed by atoms with van der Waals surface area (Å²) < 4.78 is 36.5. The molecule has 17 heavy (non-hydrogen) atoms. The fourth-order valence-corrected chi connectivity index (χ4v) is 3.08. The lowest BCUT2D eigenvalue weighted by atomic mass is 10.2. The molecule has 0 spiro atoms.